The third kappa shape index (κ3) is 3.25. The summed E-state index contributed by atoms with van der Waals surface area (Å²) >= 11 is 0. The van der Waals surface area contributed by atoms with E-state index in [-0.39, 0.29) is 5.75 Å². The molecule has 1 heterocycles. The Bertz CT molecular complexity index is 239. The molecule has 1 rings (SSSR count). The van der Waals surface area contributed by atoms with Gasteiger partial charge >= 0.3 is 0 Å². The van der Waals surface area contributed by atoms with E-state index in [9.17, 15) is 8.42 Å². The van der Waals surface area contributed by atoms with Gasteiger partial charge in [-0.2, -0.15) is 0 Å². The lowest BCUT2D eigenvalue weighted by atomic mass is 10.4. The van der Waals surface area contributed by atoms with Crippen molar-refractivity contribution in [1.82, 2.24) is 9.62 Å². The predicted molar refractivity (Wildman–Crippen MR) is 53.1 cm³/mol. The van der Waals surface area contributed by atoms with Gasteiger partial charge in [-0.05, 0) is 19.4 Å². The quantitative estimate of drug-likeness (QED) is 0.693. The summed E-state index contributed by atoms with van der Waals surface area (Å²) in [5, 5.41) is 3.10. The van der Waals surface area contributed by atoms with E-state index in [0.29, 0.717) is 19.6 Å². The monoisotopic (exact) mass is 206 g/mol. The standard InChI is InChI=1S/C8H18N2O2S/c1-2-6-10-7-3-4-9-5-8-13(10,11)12/h9H,2-8H2,1H3. The van der Waals surface area contributed by atoms with Crippen LogP contribution >= 0.6 is 0 Å². The molecule has 1 aliphatic heterocycles. The summed E-state index contributed by atoms with van der Waals surface area (Å²) < 4.78 is 24.9. The highest BCUT2D eigenvalue weighted by atomic mass is 32.2. The zero-order valence-electron chi connectivity index (χ0n) is 8.12. The largest absolute Gasteiger partial charge is 0.316 e. The predicted octanol–water partition coefficient (Wildman–Crippen LogP) is 0.0215. The maximum atomic E-state index is 11.6. The Labute approximate surface area is 80.4 Å². The Morgan fingerprint density at radius 3 is 2.85 bits per heavy atom. The second-order valence-corrected chi connectivity index (χ2v) is 5.41. The minimum atomic E-state index is -2.97. The fourth-order valence-corrected chi connectivity index (χ4v) is 3.00. The number of nitrogens with one attached hydrogen (secondary N) is 1. The number of hydrogen-bond acceptors (Lipinski definition) is 3. The average molecular weight is 206 g/mol. The topological polar surface area (TPSA) is 49.4 Å². The zero-order chi connectivity index (χ0) is 9.73. The van der Waals surface area contributed by atoms with E-state index in [2.05, 4.69) is 5.32 Å². The van der Waals surface area contributed by atoms with Crippen LogP contribution in [0.4, 0.5) is 0 Å². The first-order valence-electron chi connectivity index (χ1n) is 4.85. The molecule has 0 aliphatic carbocycles. The molecule has 13 heavy (non-hydrogen) atoms. The smallest absolute Gasteiger partial charge is 0.215 e. The highest BCUT2D eigenvalue weighted by Crippen LogP contribution is 2.05. The molecular weight excluding hydrogens is 188 g/mol. The minimum absolute atomic E-state index is 0.243. The van der Waals surface area contributed by atoms with E-state index in [1.54, 1.807) is 4.31 Å². The average Bonchev–Trinajstić information content (AvgIpc) is 2.06. The Balaban J connectivity index is 2.62. The molecule has 0 aromatic heterocycles. The van der Waals surface area contributed by atoms with Crippen LogP contribution in [0.25, 0.3) is 0 Å². The fourth-order valence-electron chi connectivity index (χ4n) is 1.48. The molecular formula is C8H18N2O2S. The molecule has 78 valence electrons. The molecule has 0 unspecified atom stereocenters. The van der Waals surface area contributed by atoms with Gasteiger partial charge in [0, 0.05) is 19.6 Å². The molecule has 0 amide bonds. The van der Waals surface area contributed by atoms with Crippen LogP contribution in [0.15, 0.2) is 0 Å². The van der Waals surface area contributed by atoms with Crippen molar-refractivity contribution in [2.24, 2.45) is 0 Å². The van der Waals surface area contributed by atoms with Gasteiger partial charge in [-0.25, -0.2) is 12.7 Å². The van der Waals surface area contributed by atoms with E-state index >= 15 is 0 Å². The second kappa shape index (κ2) is 4.93. The molecule has 1 N–H and O–H groups in total. The van der Waals surface area contributed by atoms with Crippen LogP contribution in [0.1, 0.15) is 19.8 Å². The summed E-state index contributed by atoms with van der Waals surface area (Å²) in [6.07, 6.45) is 1.81. The molecule has 0 atom stereocenters. The van der Waals surface area contributed by atoms with Gasteiger partial charge in [0.15, 0.2) is 0 Å². The summed E-state index contributed by atoms with van der Waals surface area (Å²) in [6, 6.07) is 0. The van der Waals surface area contributed by atoms with E-state index < -0.39 is 10.0 Å². The van der Waals surface area contributed by atoms with Crippen LogP contribution in [-0.2, 0) is 10.0 Å². The molecule has 4 nitrogen and oxygen atoms in total. The first kappa shape index (κ1) is 10.9. The van der Waals surface area contributed by atoms with Crippen LogP contribution < -0.4 is 5.32 Å². The van der Waals surface area contributed by atoms with Crippen LogP contribution in [0.5, 0.6) is 0 Å². The lowest BCUT2D eigenvalue weighted by Crippen LogP contribution is -2.41. The van der Waals surface area contributed by atoms with Gasteiger partial charge in [-0.15, -0.1) is 0 Å². The normalized spacial score (nSPS) is 25.0. The van der Waals surface area contributed by atoms with Gasteiger partial charge in [0.2, 0.25) is 10.0 Å². The summed E-state index contributed by atoms with van der Waals surface area (Å²) in [5.41, 5.74) is 0. The minimum Gasteiger partial charge on any atom is -0.316 e. The van der Waals surface area contributed by atoms with Crippen LogP contribution in [0.2, 0.25) is 0 Å². The van der Waals surface area contributed by atoms with Crippen molar-refractivity contribution in [2.45, 2.75) is 19.8 Å². The van der Waals surface area contributed by atoms with Crippen molar-refractivity contribution < 1.29 is 8.42 Å². The number of sulfonamides is 1. The first-order valence-corrected chi connectivity index (χ1v) is 6.46. The molecule has 0 bridgehead atoms. The molecule has 0 spiro atoms. The number of rotatable bonds is 2. The van der Waals surface area contributed by atoms with Crippen LogP contribution in [0.3, 0.4) is 0 Å². The molecule has 1 fully saturated rings. The lowest BCUT2D eigenvalue weighted by molar-refractivity contribution is 0.391. The summed E-state index contributed by atoms with van der Waals surface area (Å²) in [6.45, 7) is 4.86. The molecule has 0 aromatic carbocycles. The fraction of sp³-hybridized carbons (Fsp3) is 1.00. The Hall–Kier alpha value is -0.130. The highest BCUT2D eigenvalue weighted by Gasteiger charge is 2.21. The van der Waals surface area contributed by atoms with Gasteiger partial charge in [-0.3, -0.25) is 0 Å². The van der Waals surface area contributed by atoms with Gasteiger partial charge in [-0.1, -0.05) is 6.92 Å². The van der Waals surface area contributed by atoms with Crippen molar-refractivity contribution >= 4 is 10.0 Å². The lowest BCUT2D eigenvalue weighted by Gasteiger charge is -2.23. The number of hydrogen-bond donors (Lipinski definition) is 1. The molecule has 0 aromatic rings. The highest BCUT2D eigenvalue weighted by molar-refractivity contribution is 7.89. The van der Waals surface area contributed by atoms with Crippen LogP contribution in [-0.4, -0.2) is 44.7 Å². The van der Waals surface area contributed by atoms with Crippen molar-refractivity contribution in [3.05, 3.63) is 0 Å². The van der Waals surface area contributed by atoms with Crippen molar-refractivity contribution in [3.8, 4) is 0 Å². The van der Waals surface area contributed by atoms with Crippen molar-refractivity contribution in [2.75, 3.05) is 31.9 Å². The zero-order valence-corrected chi connectivity index (χ0v) is 8.94. The van der Waals surface area contributed by atoms with Crippen molar-refractivity contribution in [3.63, 3.8) is 0 Å². The number of nitrogens with zero attached hydrogens (tertiary/aromatic N) is 1. The Morgan fingerprint density at radius 2 is 2.15 bits per heavy atom. The maximum Gasteiger partial charge on any atom is 0.215 e. The molecule has 1 aliphatic rings. The van der Waals surface area contributed by atoms with Gasteiger partial charge < -0.3 is 5.32 Å². The molecule has 1 saturated heterocycles. The first-order chi connectivity index (χ1) is 6.17. The summed E-state index contributed by atoms with van der Waals surface area (Å²) in [4.78, 5) is 0. The Morgan fingerprint density at radius 1 is 1.38 bits per heavy atom. The third-order valence-corrected chi connectivity index (χ3v) is 4.04. The van der Waals surface area contributed by atoms with E-state index in [0.717, 1.165) is 19.4 Å². The van der Waals surface area contributed by atoms with Gasteiger partial charge in [0.25, 0.3) is 0 Å². The van der Waals surface area contributed by atoms with Crippen LogP contribution in [0, 0.1) is 0 Å². The molecule has 5 heteroatoms. The van der Waals surface area contributed by atoms with E-state index in [4.69, 9.17) is 0 Å². The Kier molecular flexibility index (Phi) is 4.15. The van der Waals surface area contributed by atoms with Gasteiger partial charge in [0.1, 0.15) is 0 Å². The van der Waals surface area contributed by atoms with E-state index in [1.807, 2.05) is 6.92 Å². The summed E-state index contributed by atoms with van der Waals surface area (Å²) in [5.74, 6) is 0.243. The van der Waals surface area contributed by atoms with Gasteiger partial charge in [0.05, 0.1) is 5.75 Å². The summed E-state index contributed by atoms with van der Waals surface area (Å²) in [7, 11) is -2.97. The molecule has 0 radical (unpaired) electrons. The van der Waals surface area contributed by atoms with Crippen molar-refractivity contribution in [1.29, 1.82) is 0 Å². The van der Waals surface area contributed by atoms with E-state index in [1.165, 1.54) is 0 Å². The SMILES string of the molecule is CCCN1CCCNCCS1(=O)=O. The molecule has 0 saturated carbocycles. The second-order valence-electron chi connectivity index (χ2n) is 3.32. The maximum absolute atomic E-state index is 11.6. The third-order valence-electron chi connectivity index (χ3n) is 2.16.